The number of carbonyl (C=O) groups is 2. The van der Waals surface area contributed by atoms with E-state index in [0.29, 0.717) is 0 Å². The summed E-state index contributed by atoms with van der Waals surface area (Å²) in [7, 11) is 0. The Hall–Kier alpha value is -2.40. The van der Waals surface area contributed by atoms with Crippen LogP contribution in [0.25, 0.3) is 16.5 Å². The van der Waals surface area contributed by atoms with Crippen molar-refractivity contribution in [3.63, 3.8) is 0 Å². The molecular formula is C14H10N2O2S. The second-order valence-electron chi connectivity index (χ2n) is 4.03. The zero-order valence-corrected chi connectivity index (χ0v) is 10.7. The lowest BCUT2D eigenvalue weighted by atomic mass is 10.0. The van der Waals surface area contributed by atoms with Crippen LogP contribution in [0.1, 0.15) is 5.56 Å². The number of nitrogens with one attached hydrogen (secondary N) is 2. The third kappa shape index (κ3) is 2.28. The van der Waals surface area contributed by atoms with Gasteiger partial charge in [-0.15, -0.1) is 11.3 Å². The molecule has 1 aliphatic rings. The van der Waals surface area contributed by atoms with E-state index >= 15 is 0 Å². The molecule has 0 spiro atoms. The standard InChI is InChI=1S/C14H10N2O2S/c17-13-11(15-14(18)16-13)8-9-4-1-2-5-10(9)12-6-3-7-19-12/h1-8H,(H2,15,16,17,18)/b11-8-. The van der Waals surface area contributed by atoms with Crippen LogP contribution in [0.3, 0.4) is 0 Å². The first kappa shape index (κ1) is 11.7. The van der Waals surface area contributed by atoms with Crippen LogP contribution < -0.4 is 10.6 Å². The number of benzene rings is 1. The van der Waals surface area contributed by atoms with Gasteiger partial charge in [-0.25, -0.2) is 4.79 Å². The van der Waals surface area contributed by atoms with E-state index in [-0.39, 0.29) is 5.70 Å². The highest BCUT2D eigenvalue weighted by Gasteiger charge is 2.23. The number of imide groups is 1. The zero-order chi connectivity index (χ0) is 13.2. The Labute approximate surface area is 113 Å². The van der Waals surface area contributed by atoms with Gasteiger partial charge in [0, 0.05) is 4.88 Å². The fraction of sp³-hybridized carbons (Fsp3) is 0. The Kier molecular flexibility index (Phi) is 2.89. The van der Waals surface area contributed by atoms with Crippen LogP contribution >= 0.6 is 11.3 Å². The van der Waals surface area contributed by atoms with Crippen molar-refractivity contribution in [3.05, 3.63) is 53.0 Å². The first-order valence-electron chi connectivity index (χ1n) is 5.71. The molecule has 3 amide bonds. The zero-order valence-electron chi connectivity index (χ0n) is 9.84. The molecule has 3 rings (SSSR count). The molecule has 2 N–H and O–H groups in total. The smallest absolute Gasteiger partial charge is 0.303 e. The van der Waals surface area contributed by atoms with Gasteiger partial charge in [-0.2, -0.15) is 0 Å². The van der Waals surface area contributed by atoms with Gasteiger partial charge in [-0.3, -0.25) is 10.1 Å². The minimum absolute atomic E-state index is 0.272. The lowest BCUT2D eigenvalue weighted by Crippen LogP contribution is -2.22. The normalized spacial score (nSPS) is 16.5. The van der Waals surface area contributed by atoms with Gasteiger partial charge < -0.3 is 5.32 Å². The Morgan fingerprint density at radius 1 is 1.00 bits per heavy atom. The van der Waals surface area contributed by atoms with E-state index < -0.39 is 11.9 Å². The number of carbonyl (C=O) groups excluding carboxylic acids is 2. The second-order valence-corrected chi connectivity index (χ2v) is 4.98. The van der Waals surface area contributed by atoms with Gasteiger partial charge in [0.15, 0.2) is 0 Å². The summed E-state index contributed by atoms with van der Waals surface area (Å²) in [6.07, 6.45) is 1.69. The lowest BCUT2D eigenvalue weighted by molar-refractivity contribution is -0.115. The third-order valence-electron chi connectivity index (χ3n) is 2.77. The van der Waals surface area contributed by atoms with Crippen LogP contribution in [-0.2, 0) is 4.79 Å². The molecule has 5 heteroatoms. The van der Waals surface area contributed by atoms with Gasteiger partial charge >= 0.3 is 6.03 Å². The number of hydrogen-bond acceptors (Lipinski definition) is 3. The van der Waals surface area contributed by atoms with E-state index in [1.165, 1.54) is 0 Å². The van der Waals surface area contributed by atoms with Gasteiger partial charge in [0.05, 0.1) is 0 Å². The molecule has 1 aromatic heterocycles. The molecule has 0 unspecified atom stereocenters. The third-order valence-corrected chi connectivity index (χ3v) is 3.67. The van der Waals surface area contributed by atoms with Crippen LogP contribution in [0.5, 0.6) is 0 Å². The SMILES string of the molecule is O=C1NC(=O)/C(=C/c2ccccc2-c2cccs2)N1. The fourth-order valence-corrected chi connectivity index (χ4v) is 2.69. The van der Waals surface area contributed by atoms with Gasteiger partial charge in [0.2, 0.25) is 0 Å². The molecule has 19 heavy (non-hydrogen) atoms. The summed E-state index contributed by atoms with van der Waals surface area (Å²) >= 11 is 1.63. The van der Waals surface area contributed by atoms with Crippen LogP contribution in [0, 0.1) is 0 Å². The summed E-state index contributed by atoms with van der Waals surface area (Å²) in [5, 5.41) is 6.68. The van der Waals surface area contributed by atoms with E-state index in [2.05, 4.69) is 10.6 Å². The summed E-state index contributed by atoms with van der Waals surface area (Å²) in [6.45, 7) is 0. The molecule has 94 valence electrons. The number of urea groups is 1. The van der Waals surface area contributed by atoms with Crippen molar-refractivity contribution in [1.29, 1.82) is 0 Å². The minimum Gasteiger partial charge on any atom is -0.303 e. The number of rotatable bonds is 2. The van der Waals surface area contributed by atoms with Crippen molar-refractivity contribution in [2.75, 3.05) is 0 Å². The minimum atomic E-state index is -0.482. The molecule has 2 aromatic rings. The first-order chi connectivity index (χ1) is 9.24. The van der Waals surface area contributed by atoms with Crippen molar-refractivity contribution in [1.82, 2.24) is 10.6 Å². The molecule has 0 radical (unpaired) electrons. The second kappa shape index (κ2) is 4.70. The largest absolute Gasteiger partial charge is 0.326 e. The lowest BCUT2D eigenvalue weighted by Gasteiger charge is -2.04. The van der Waals surface area contributed by atoms with E-state index in [4.69, 9.17) is 0 Å². The van der Waals surface area contributed by atoms with E-state index in [0.717, 1.165) is 16.0 Å². The predicted octanol–water partition coefficient (Wildman–Crippen LogP) is 2.60. The molecule has 0 bridgehead atoms. The molecule has 1 aliphatic heterocycles. The first-order valence-corrected chi connectivity index (χ1v) is 6.59. The van der Waals surface area contributed by atoms with E-state index in [1.807, 2.05) is 41.8 Å². The van der Waals surface area contributed by atoms with Gasteiger partial charge in [0.25, 0.3) is 5.91 Å². The fourth-order valence-electron chi connectivity index (χ4n) is 1.92. The van der Waals surface area contributed by atoms with Crippen LogP contribution in [0.15, 0.2) is 47.5 Å². The van der Waals surface area contributed by atoms with Gasteiger partial charge in [-0.1, -0.05) is 30.3 Å². The van der Waals surface area contributed by atoms with Crippen molar-refractivity contribution in [2.24, 2.45) is 0 Å². The van der Waals surface area contributed by atoms with Crippen molar-refractivity contribution in [2.45, 2.75) is 0 Å². The highest BCUT2D eigenvalue weighted by Crippen LogP contribution is 2.29. The van der Waals surface area contributed by atoms with Gasteiger partial charge in [-0.05, 0) is 28.6 Å². The summed E-state index contributed by atoms with van der Waals surface area (Å²) in [5.74, 6) is -0.397. The molecule has 1 fully saturated rings. The quantitative estimate of drug-likeness (QED) is 0.651. The molecular weight excluding hydrogens is 260 g/mol. The summed E-state index contributed by atoms with van der Waals surface area (Å²) in [5.41, 5.74) is 2.21. The molecule has 2 heterocycles. The molecule has 1 aromatic carbocycles. The number of thiophene rings is 1. The monoisotopic (exact) mass is 270 g/mol. The Bertz CT molecular complexity index is 675. The topological polar surface area (TPSA) is 58.2 Å². The number of amides is 3. The molecule has 0 aliphatic carbocycles. The average Bonchev–Trinajstić information content (AvgIpc) is 3.01. The maximum atomic E-state index is 11.5. The molecule has 1 saturated heterocycles. The maximum Gasteiger partial charge on any atom is 0.326 e. The maximum absolute atomic E-state index is 11.5. The van der Waals surface area contributed by atoms with E-state index in [1.54, 1.807) is 17.4 Å². The molecule has 4 nitrogen and oxygen atoms in total. The van der Waals surface area contributed by atoms with Crippen molar-refractivity contribution in [3.8, 4) is 10.4 Å². The summed E-state index contributed by atoms with van der Waals surface area (Å²) < 4.78 is 0. The van der Waals surface area contributed by atoms with Crippen molar-refractivity contribution < 1.29 is 9.59 Å². The Balaban J connectivity index is 2.05. The Morgan fingerprint density at radius 2 is 1.84 bits per heavy atom. The summed E-state index contributed by atoms with van der Waals surface area (Å²) in [4.78, 5) is 23.7. The van der Waals surface area contributed by atoms with Gasteiger partial charge in [0.1, 0.15) is 5.70 Å². The van der Waals surface area contributed by atoms with Crippen LogP contribution in [-0.4, -0.2) is 11.9 Å². The molecule has 0 saturated carbocycles. The highest BCUT2D eigenvalue weighted by atomic mass is 32.1. The highest BCUT2D eigenvalue weighted by molar-refractivity contribution is 7.13. The Morgan fingerprint density at radius 3 is 2.53 bits per heavy atom. The molecule has 0 atom stereocenters. The van der Waals surface area contributed by atoms with Crippen LogP contribution in [0.4, 0.5) is 4.79 Å². The van der Waals surface area contributed by atoms with Crippen LogP contribution in [0.2, 0.25) is 0 Å². The average molecular weight is 270 g/mol. The van der Waals surface area contributed by atoms with Crippen molar-refractivity contribution >= 4 is 29.4 Å². The van der Waals surface area contributed by atoms with E-state index in [9.17, 15) is 9.59 Å². The summed E-state index contributed by atoms with van der Waals surface area (Å²) in [6, 6.07) is 11.3. The number of hydrogen-bond donors (Lipinski definition) is 2. The predicted molar refractivity (Wildman–Crippen MR) is 74.4 cm³/mol.